The molecule has 0 bridgehead atoms. The van der Waals surface area contributed by atoms with E-state index in [4.69, 9.17) is 9.47 Å². The van der Waals surface area contributed by atoms with Crippen molar-refractivity contribution < 1.29 is 14.3 Å². The molecule has 0 spiro atoms. The van der Waals surface area contributed by atoms with Crippen LogP contribution in [0.5, 0.6) is 0 Å². The van der Waals surface area contributed by atoms with Crippen LogP contribution in [0, 0.1) is 0 Å². The third kappa shape index (κ3) is 3.47. The number of methoxy groups -OCH3 is 1. The average molecular weight is 320 g/mol. The Balaban J connectivity index is 1.90. The fourth-order valence-corrected chi connectivity index (χ4v) is 2.79. The molecule has 3 nitrogen and oxygen atoms in total. The molecule has 1 aliphatic rings. The van der Waals surface area contributed by atoms with Gasteiger partial charge < -0.3 is 9.47 Å². The van der Waals surface area contributed by atoms with Crippen molar-refractivity contribution in [3.8, 4) is 0 Å². The van der Waals surface area contributed by atoms with Gasteiger partial charge in [-0.25, -0.2) is 4.79 Å². The molecule has 0 amide bonds. The van der Waals surface area contributed by atoms with E-state index in [-0.39, 0.29) is 5.97 Å². The maximum absolute atomic E-state index is 12.5. The molecule has 2 aromatic rings. The van der Waals surface area contributed by atoms with Gasteiger partial charge in [0, 0.05) is 6.42 Å². The molecule has 3 heteroatoms. The van der Waals surface area contributed by atoms with Crippen molar-refractivity contribution in [2.75, 3.05) is 7.11 Å². The summed E-state index contributed by atoms with van der Waals surface area (Å²) in [6.45, 7) is 0.350. The van der Waals surface area contributed by atoms with Gasteiger partial charge in [-0.1, -0.05) is 72.8 Å². The molecular weight excluding hydrogens is 300 g/mol. The van der Waals surface area contributed by atoms with Gasteiger partial charge in [-0.3, -0.25) is 0 Å². The Morgan fingerprint density at radius 3 is 2.38 bits per heavy atom. The lowest BCUT2D eigenvalue weighted by Gasteiger charge is -2.30. The molecule has 0 aliphatic heterocycles. The minimum Gasteiger partial charge on any atom is -0.467 e. The van der Waals surface area contributed by atoms with Crippen LogP contribution in [-0.2, 0) is 20.9 Å². The number of carbonyl (C=O) groups is 1. The third-order valence-corrected chi connectivity index (χ3v) is 4.08. The zero-order chi connectivity index (χ0) is 16.8. The summed E-state index contributed by atoms with van der Waals surface area (Å²) < 4.78 is 11.1. The fourth-order valence-electron chi connectivity index (χ4n) is 2.79. The molecule has 2 aromatic carbocycles. The highest BCUT2D eigenvalue weighted by molar-refractivity contribution is 5.88. The molecule has 0 radical (unpaired) electrons. The summed E-state index contributed by atoms with van der Waals surface area (Å²) in [5.41, 5.74) is 1.93. The number of ether oxygens (including phenoxy) is 2. The van der Waals surface area contributed by atoms with Gasteiger partial charge in [-0.05, 0) is 22.8 Å². The van der Waals surface area contributed by atoms with Crippen molar-refractivity contribution in [2.24, 2.45) is 0 Å². The van der Waals surface area contributed by atoms with E-state index in [9.17, 15) is 4.79 Å². The van der Waals surface area contributed by atoms with E-state index < -0.39 is 5.60 Å². The highest BCUT2D eigenvalue weighted by atomic mass is 16.6. The zero-order valence-electron chi connectivity index (χ0n) is 13.6. The van der Waals surface area contributed by atoms with Crippen molar-refractivity contribution in [1.29, 1.82) is 0 Å². The fraction of sp³-hybridized carbons (Fsp3) is 0.190. The molecule has 0 saturated carbocycles. The van der Waals surface area contributed by atoms with Crippen LogP contribution in [0.2, 0.25) is 0 Å². The summed E-state index contributed by atoms with van der Waals surface area (Å²) in [6, 6.07) is 19.8. The molecule has 24 heavy (non-hydrogen) atoms. The highest BCUT2D eigenvalue weighted by Crippen LogP contribution is 2.32. The predicted molar refractivity (Wildman–Crippen MR) is 94.2 cm³/mol. The molecule has 1 unspecified atom stereocenters. The zero-order valence-corrected chi connectivity index (χ0v) is 13.6. The number of rotatable bonds is 5. The van der Waals surface area contributed by atoms with Crippen LogP contribution < -0.4 is 0 Å². The van der Waals surface area contributed by atoms with Gasteiger partial charge in [-0.2, -0.15) is 0 Å². The standard InChI is InChI=1S/C21H20O3/c1-23-20(22)21(24-16-17-9-4-2-5-10-17)14-8-13-19(15-21)18-11-6-3-7-12-18/h2-13,15H,14,16H2,1H3. The van der Waals surface area contributed by atoms with E-state index in [1.165, 1.54) is 7.11 Å². The summed E-state index contributed by atoms with van der Waals surface area (Å²) in [5.74, 6) is -0.379. The Hall–Kier alpha value is -2.65. The molecular formula is C21H20O3. The van der Waals surface area contributed by atoms with Gasteiger partial charge in [0.15, 0.2) is 5.60 Å². The molecule has 0 fully saturated rings. The first-order valence-electron chi connectivity index (χ1n) is 7.95. The minimum atomic E-state index is -1.09. The van der Waals surface area contributed by atoms with Crippen LogP contribution in [0.3, 0.4) is 0 Å². The SMILES string of the molecule is COC(=O)C1(OCc2ccccc2)C=C(c2ccccc2)C=CC1. The Labute approximate surface area is 142 Å². The van der Waals surface area contributed by atoms with Gasteiger partial charge in [0.1, 0.15) is 0 Å². The van der Waals surface area contributed by atoms with Gasteiger partial charge in [0.25, 0.3) is 0 Å². The summed E-state index contributed by atoms with van der Waals surface area (Å²) in [5, 5.41) is 0. The predicted octanol–water partition coefficient (Wildman–Crippen LogP) is 4.16. The largest absolute Gasteiger partial charge is 0.467 e. The number of allylic oxidation sites excluding steroid dienone is 2. The molecule has 1 atom stereocenters. The normalized spacial score (nSPS) is 19.6. The molecule has 0 heterocycles. The number of benzene rings is 2. The van der Waals surface area contributed by atoms with Crippen LogP contribution >= 0.6 is 0 Å². The molecule has 0 saturated heterocycles. The van der Waals surface area contributed by atoms with Crippen LogP contribution in [0.25, 0.3) is 5.57 Å². The Morgan fingerprint density at radius 2 is 1.71 bits per heavy atom. The second-order valence-corrected chi connectivity index (χ2v) is 5.73. The Morgan fingerprint density at radius 1 is 1.04 bits per heavy atom. The van der Waals surface area contributed by atoms with E-state index in [2.05, 4.69) is 0 Å². The molecule has 0 N–H and O–H groups in total. The van der Waals surface area contributed by atoms with Crippen molar-refractivity contribution in [3.05, 3.63) is 90.0 Å². The lowest BCUT2D eigenvalue weighted by Crippen LogP contribution is -2.41. The summed E-state index contributed by atoms with van der Waals surface area (Å²) in [7, 11) is 1.39. The average Bonchev–Trinajstić information content (AvgIpc) is 2.67. The molecule has 3 rings (SSSR count). The third-order valence-electron chi connectivity index (χ3n) is 4.08. The van der Waals surface area contributed by atoms with Crippen LogP contribution in [0.1, 0.15) is 17.5 Å². The summed E-state index contributed by atoms with van der Waals surface area (Å²) in [6.07, 6.45) is 6.31. The van der Waals surface area contributed by atoms with Crippen LogP contribution in [-0.4, -0.2) is 18.7 Å². The molecule has 122 valence electrons. The summed E-state index contributed by atoms with van der Waals surface area (Å²) in [4.78, 5) is 12.5. The van der Waals surface area contributed by atoms with Gasteiger partial charge >= 0.3 is 5.97 Å². The minimum absolute atomic E-state index is 0.350. The van der Waals surface area contributed by atoms with E-state index in [0.29, 0.717) is 13.0 Å². The number of esters is 1. The first kappa shape index (κ1) is 16.2. The quantitative estimate of drug-likeness (QED) is 0.776. The topological polar surface area (TPSA) is 35.5 Å². The van der Waals surface area contributed by atoms with Crippen molar-refractivity contribution in [1.82, 2.24) is 0 Å². The van der Waals surface area contributed by atoms with Crippen LogP contribution in [0.15, 0.2) is 78.9 Å². The van der Waals surface area contributed by atoms with Gasteiger partial charge in [-0.15, -0.1) is 0 Å². The van der Waals surface area contributed by atoms with E-state index in [0.717, 1.165) is 16.7 Å². The number of hydrogen-bond donors (Lipinski definition) is 0. The van der Waals surface area contributed by atoms with Gasteiger partial charge in [0.05, 0.1) is 13.7 Å². The van der Waals surface area contributed by atoms with E-state index >= 15 is 0 Å². The lowest BCUT2D eigenvalue weighted by molar-refractivity contribution is -0.164. The van der Waals surface area contributed by atoms with Gasteiger partial charge in [0.2, 0.25) is 0 Å². The lowest BCUT2D eigenvalue weighted by atomic mass is 9.88. The Kier molecular flexibility index (Phi) is 4.92. The van der Waals surface area contributed by atoms with Crippen LogP contribution in [0.4, 0.5) is 0 Å². The van der Waals surface area contributed by atoms with E-state index in [1.54, 1.807) is 0 Å². The second kappa shape index (κ2) is 7.28. The van der Waals surface area contributed by atoms with Crippen molar-refractivity contribution >= 4 is 11.5 Å². The number of hydrogen-bond acceptors (Lipinski definition) is 3. The number of carbonyl (C=O) groups excluding carboxylic acids is 1. The molecule has 1 aliphatic carbocycles. The van der Waals surface area contributed by atoms with E-state index in [1.807, 2.05) is 78.9 Å². The molecule has 0 aromatic heterocycles. The smallest absolute Gasteiger partial charge is 0.342 e. The highest BCUT2D eigenvalue weighted by Gasteiger charge is 2.39. The van der Waals surface area contributed by atoms with Crippen molar-refractivity contribution in [3.63, 3.8) is 0 Å². The maximum atomic E-state index is 12.5. The maximum Gasteiger partial charge on any atom is 0.342 e. The summed E-state index contributed by atoms with van der Waals surface area (Å²) >= 11 is 0. The monoisotopic (exact) mass is 320 g/mol. The first-order chi connectivity index (χ1) is 11.7. The first-order valence-corrected chi connectivity index (χ1v) is 7.95. The van der Waals surface area contributed by atoms with Crippen molar-refractivity contribution in [2.45, 2.75) is 18.6 Å². The second-order valence-electron chi connectivity index (χ2n) is 5.73. The Bertz CT molecular complexity index is 747.